The highest BCUT2D eigenvalue weighted by atomic mass is 16.2. The smallest absolute Gasteiger partial charge is 0.227 e. The van der Waals surface area contributed by atoms with Crippen LogP contribution in [-0.2, 0) is 4.79 Å². The molecular weight excluding hydrogens is 398 g/mol. The van der Waals surface area contributed by atoms with Crippen molar-refractivity contribution in [3.63, 3.8) is 0 Å². The maximum Gasteiger partial charge on any atom is 0.227 e. The summed E-state index contributed by atoms with van der Waals surface area (Å²) in [5, 5.41) is 0. The predicted molar refractivity (Wildman–Crippen MR) is 128 cm³/mol. The third kappa shape index (κ3) is 4.44. The van der Waals surface area contributed by atoms with Crippen molar-refractivity contribution in [3.05, 3.63) is 73.1 Å². The predicted octanol–water partition coefficient (Wildman–Crippen LogP) is 3.71. The molecule has 2 aliphatic rings. The molecule has 1 unspecified atom stereocenters. The topological polar surface area (TPSA) is 52.6 Å². The molecule has 1 amide bonds. The summed E-state index contributed by atoms with van der Waals surface area (Å²) in [6.45, 7) is 5.00. The van der Waals surface area contributed by atoms with Crippen molar-refractivity contribution in [3.8, 4) is 11.3 Å². The number of hydrogen-bond acceptors (Lipinski definition) is 5. The van der Waals surface area contributed by atoms with Crippen LogP contribution in [0.5, 0.6) is 0 Å². The van der Waals surface area contributed by atoms with Crippen molar-refractivity contribution in [1.29, 1.82) is 0 Å². The molecule has 6 nitrogen and oxygen atoms in total. The van der Waals surface area contributed by atoms with Gasteiger partial charge in [0.15, 0.2) is 0 Å². The number of benzene rings is 2. The van der Waals surface area contributed by atoms with E-state index in [0.29, 0.717) is 5.91 Å². The standard InChI is InChI=1S/C26H29N5O/c32-26(30-16-14-29(15-17-30)23-11-5-2-6-12-23)22-10-7-13-31(19-22)25-18-24(27-20-28-25)21-8-3-1-4-9-21/h1-6,8-9,11-12,18,20,22H,7,10,13-17,19H2. The summed E-state index contributed by atoms with van der Waals surface area (Å²) in [6.07, 6.45) is 3.59. The number of hydrogen-bond donors (Lipinski definition) is 0. The Hall–Kier alpha value is -3.41. The summed E-state index contributed by atoms with van der Waals surface area (Å²) < 4.78 is 0. The minimum Gasteiger partial charge on any atom is -0.368 e. The number of aromatic nitrogens is 2. The Morgan fingerprint density at radius 2 is 1.53 bits per heavy atom. The van der Waals surface area contributed by atoms with E-state index in [1.165, 1.54) is 5.69 Å². The number of carbonyl (C=O) groups is 1. The van der Waals surface area contributed by atoms with Crippen LogP contribution in [-0.4, -0.2) is 60.0 Å². The van der Waals surface area contributed by atoms with Gasteiger partial charge in [0.2, 0.25) is 5.91 Å². The first-order valence-corrected chi connectivity index (χ1v) is 11.5. The maximum atomic E-state index is 13.3. The lowest BCUT2D eigenvalue weighted by Crippen LogP contribution is -2.52. The minimum atomic E-state index is 0.0298. The van der Waals surface area contributed by atoms with Crippen LogP contribution in [0.3, 0.4) is 0 Å². The van der Waals surface area contributed by atoms with Crippen molar-refractivity contribution in [2.24, 2.45) is 5.92 Å². The van der Waals surface area contributed by atoms with Crippen LogP contribution in [0.1, 0.15) is 12.8 Å². The van der Waals surface area contributed by atoms with E-state index in [0.717, 1.165) is 69.2 Å². The molecule has 3 aromatic rings. The second-order valence-electron chi connectivity index (χ2n) is 8.56. The Bertz CT molecular complexity index is 1030. The molecule has 32 heavy (non-hydrogen) atoms. The summed E-state index contributed by atoms with van der Waals surface area (Å²) in [5.74, 6) is 1.23. The molecule has 2 aromatic carbocycles. The molecular formula is C26H29N5O. The lowest BCUT2D eigenvalue weighted by Gasteiger charge is -2.40. The average Bonchev–Trinajstić information content (AvgIpc) is 2.89. The maximum absolute atomic E-state index is 13.3. The van der Waals surface area contributed by atoms with Crippen LogP contribution in [0, 0.1) is 5.92 Å². The molecule has 2 aliphatic heterocycles. The van der Waals surface area contributed by atoms with E-state index in [2.05, 4.69) is 61.1 Å². The fourth-order valence-corrected chi connectivity index (χ4v) is 4.76. The van der Waals surface area contributed by atoms with Gasteiger partial charge in [0.25, 0.3) is 0 Å². The molecule has 0 spiro atoms. The normalized spacial score (nSPS) is 19.1. The van der Waals surface area contributed by atoms with Gasteiger partial charge in [-0.15, -0.1) is 0 Å². The summed E-state index contributed by atoms with van der Waals surface area (Å²) >= 11 is 0. The van der Waals surface area contributed by atoms with Crippen LogP contribution in [0.25, 0.3) is 11.3 Å². The molecule has 6 heteroatoms. The van der Waals surface area contributed by atoms with Gasteiger partial charge < -0.3 is 14.7 Å². The number of piperazine rings is 1. The Balaban J connectivity index is 1.22. The van der Waals surface area contributed by atoms with Gasteiger partial charge in [0.1, 0.15) is 12.1 Å². The van der Waals surface area contributed by atoms with Crippen molar-refractivity contribution in [2.45, 2.75) is 12.8 Å². The van der Waals surface area contributed by atoms with E-state index in [9.17, 15) is 4.79 Å². The molecule has 1 aromatic heterocycles. The molecule has 5 rings (SSSR count). The van der Waals surface area contributed by atoms with E-state index in [4.69, 9.17) is 0 Å². The average molecular weight is 428 g/mol. The molecule has 2 fully saturated rings. The third-order valence-corrected chi connectivity index (χ3v) is 6.53. The van der Waals surface area contributed by atoms with Gasteiger partial charge in [-0.1, -0.05) is 48.5 Å². The molecule has 0 bridgehead atoms. The molecule has 0 saturated carbocycles. The summed E-state index contributed by atoms with van der Waals surface area (Å²) in [5.41, 5.74) is 3.24. The van der Waals surface area contributed by atoms with Gasteiger partial charge >= 0.3 is 0 Å². The van der Waals surface area contributed by atoms with Crippen LogP contribution in [0.15, 0.2) is 73.1 Å². The monoisotopic (exact) mass is 427 g/mol. The van der Waals surface area contributed by atoms with Gasteiger partial charge in [-0.3, -0.25) is 4.79 Å². The van der Waals surface area contributed by atoms with Crippen LogP contribution < -0.4 is 9.80 Å². The Morgan fingerprint density at radius 3 is 2.28 bits per heavy atom. The van der Waals surface area contributed by atoms with Crippen LogP contribution in [0.2, 0.25) is 0 Å². The number of nitrogens with zero attached hydrogens (tertiary/aromatic N) is 5. The highest BCUT2D eigenvalue weighted by Gasteiger charge is 2.31. The molecule has 0 N–H and O–H groups in total. The van der Waals surface area contributed by atoms with Crippen LogP contribution >= 0.6 is 0 Å². The van der Waals surface area contributed by atoms with E-state index >= 15 is 0 Å². The minimum absolute atomic E-state index is 0.0298. The van der Waals surface area contributed by atoms with Crippen molar-refractivity contribution < 1.29 is 4.79 Å². The number of rotatable bonds is 4. The van der Waals surface area contributed by atoms with E-state index in [-0.39, 0.29) is 5.92 Å². The molecule has 0 radical (unpaired) electrons. The van der Waals surface area contributed by atoms with E-state index in [1.54, 1.807) is 6.33 Å². The molecule has 3 heterocycles. The third-order valence-electron chi connectivity index (χ3n) is 6.53. The zero-order chi connectivity index (χ0) is 21.8. The second kappa shape index (κ2) is 9.39. The van der Waals surface area contributed by atoms with Gasteiger partial charge in [0.05, 0.1) is 11.6 Å². The fraction of sp³-hybridized carbons (Fsp3) is 0.346. The van der Waals surface area contributed by atoms with Gasteiger partial charge in [0, 0.05) is 56.6 Å². The first kappa shape index (κ1) is 20.5. The number of amides is 1. The Kier molecular flexibility index (Phi) is 6.01. The van der Waals surface area contributed by atoms with Crippen molar-refractivity contribution in [2.75, 3.05) is 49.1 Å². The summed E-state index contributed by atoms with van der Waals surface area (Å²) in [4.78, 5) is 29.0. The Labute approximate surface area is 189 Å². The molecule has 2 saturated heterocycles. The number of piperidine rings is 1. The molecule has 1 atom stereocenters. The number of anilines is 2. The van der Waals surface area contributed by atoms with E-state index in [1.807, 2.05) is 30.3 Å². The van der Waals surface area contributed by atoms with Gasteiger partial charge in [-0.25, -0.2) is 9.97 Å². The van der Waals surface area contributed by atoms with Gasteiger partial charge in [-0.05, 0) is 25.0 Å². The first-order valence-electron chi connectivity index (χ1n) is 11.5. The van der Waals surface area contributed by atoms with Crippen molar-refractivity contribution in [1.82, 2.24) is 14.9 Å². The van der Waals surface area contributed by atoms with E-state index < -0.39 is 0 Å². The largest absolute Gasteiger partial charge is 0.368 e. The second-order valence-corrected chi connectivity index (χ2v) is 8.56. The first-order chi connectivity index (χ1) is 15.8. The molecule has 164 valence electrons. The fourth-order valence-electron chi connectivity index (χ4n) is 4.76. The molecule has 0 aliphatic carbocycles. The van der Waals surface area contributed by atoms with Crippen LogP contribution in [0.4, 0.5) is 11.5 Å². The highest BCUT2D eigenvalue weighted by molar-refractivity contribution is 5.80. The quantitative estimate of drug-likeness (QED) is 0.635. The van der Waals surface area contributed by atoms with Crippen molar-refractivity contribution >= 4 is 17.4 Å². The summed E-state index contributed by atoms with van der Waals surface area (Å²) in [6, 6.07) is 22.7. The SMILES string of the molecule is O=C(C1CCCN(c2cc(-c3ccccc3)ncn2)C1)N1CCN(c2ccccc2)CC1. The Morgan fingerprint density at radius 1 is 0.812 bits per heavy atom. The number of para-hydroxylation sites is 1. The number of carbonyl (C=O) groups excluding carboxylic acids is 1. The lowest BCUT2D eigenvalue weighted by atomic mass is 9.96. The highest BCUT2D eigenvalue weighted by Crippen LogP contribution is 2.26. The summed E-state index contributed by atoms with van der Waals surface area (Å²) in [7, 11) is 0. The zero-order valence-corrected chi connectivity index (χ0v) is 18.3. The van der Waals surface area contributed by atoms with Gasteiger partial charge in [-0.2, -0.15) is 0 Å². The lowest BCUT2D eigenvalue weighted by molar-refractivity contribution is -0.136. The zero-order valence-electron chi connectivity index (χ0n) is 18.3.